The number of aromatic hydroxyl groups is 1. The number of nitrogens with zero attached hydrogens (tertiary/aromatic N) is 1. The second-order valence-corrected chi connectivity index (χ2v) is 8.09. The Hall–Kier alpha value is -1.02. The molecule has 1 N–H and O–H groups in total. The standard InChI is InChI=1S/C18H31NO/c1-17(2,3)14-11-13(9-10-19(7)8)12-15(16(14)20)18(4,5)6/h11-12,20H,9-10H2,1-8H3. The second kappa shape index (κ2) is 5.77. The van der Waals surface area contributed by atoms with Gasteiger partial charge in [0.05, 0.1) is 0 Å². The molecule has 20 heavy (non-hydrogen) atoms. The Morgan fingerprint density at radius 2 is 1.30 bits per heavy atom. The van der Waals surface area contributed by atoms with E-state index in [1.165, 1.54) is 5.56 Å². The van der Waals surface area contributed by atoms with E-state index >= 15 is 0 Å². The highest BCUT2D eigenvalue weighted by Gasteiger charge is 2.26. The van der Waals surface area contributed by atoms with E-state index in [9.17, 15) is 5.11 Å². The molecule has 0 heterocycles. The first-order valence-electron chi connectivity index (χ1n) is 7.44. The fraction of sp³-hybridized carbons (Fsp3) is 0.667. The molecule has 0 aliphatic carbocycles. The maximum absolute atomic E-state index is 10.7. The van der Waals surface area contributed by atoms with Crippen LogP contribution >= 0.6 is 0 Å². The average molecular weight is 277 g/mol. The van der Waals surface area contributed by atoms with Crippen LogP contribution < -0.4 is 0 Å². The highest BCUT2D eigenvalue weighted by atomic mass is 16.3. The highest BCUT2D eigenvalue weighted by molar-refractivity contribution is 5.49. The van der Waals surface area contributed by atoms with Crippen molar-refractivity contribution in [3.63, 3.8) is 0 Å². The Morgan fingerprint density at radius 1 is 0.900 bits per heavy atom. The molecular formula is C18H31NO. The van der Waals surface area contributed by atoms with Crippen molar-refractivity contribution in [1.82, 2.24) is 4.90 Å². The van der Waals surface area contributed by atoms with Crippen LogP contribution in [-0.2, 0) is 17.3 Å². The lowest BCUT2D eigenvalue weighted by Gasteiger charge is -2.28. The second-order valence-electron chi connectivity index (χ2n) is 8.09. The lowest BCUT2D eigenvalue weighted by Crippen LogP contribution is -2.19. The van der Waals surface area contributed by atoms with Crippen molar-refractivity contribution in [2.45, 2.75) is 58.8 Å². The molecule has 0 aromatic heterocycles. The maximum Gasteiger partial charge on any atom is 0.123 e. The van der Waals surface area contributed by atoms with Crippen LogP contribution in [0.1, 0.15) is 58.2 Å². The Bertz CT molecular complexity index is 426. The number of hydrogen-bond donors (Lipinski definition) is 1. The van der Waals surface area contributed by atoms with Crippen molar-refractivity contribution in [3.05, 3.63) is 28.8 Å². The molecule has 1 rings (SSSR count). The van der Waals surface area contributed by atoms with Crippen LogP contribution in [0.2, 0.25) is 0 Å². The molecule has 0 atom stereocenters. The fourth-order valence-electron chi connectivity index (χ4n) is 2.33. The molecule has 2 heteroatoms. The molecule has 1 aromatic carbocycles. The normalized spacial score (nSPS) is 13.1. The first-order chi connectivity index (χ1) is 8.93. The van der Waals surface area contributed by atoms with Crippen molar-refractivity contribution in [2.24, 2.45) is 0 Å². The smallest absolute Gasteiger partial charge is 0.123 e. The number of likely N-dealkylation sites (N-methyl/N-ethyl adjacent to an activating group) is 1. The number of hydrogen-bond acceptors (Lipinski definition) is 2. The van der Waals surface area contributed by atoms with Gasteiger partial charge in [0.25, 0.3) is 0 Å². The third-order valence-corrected chi connectivity index (χ3v) is 3.63. The molecule has 0 spiro atoms. The summed E-state index contributed by atoms with van der Waals surface area (Å²) >= 11 is 0. The lowest BCUT2D eigenvalue weighted by atomic mass is 9.78. The molecule has 0 radical (unpaired) electrons. The Balaban J connectivity index is 3.35. The van der Waals surface area contributed by atoms with E-state index in [1.807, 2.05) is 0 Å². The summed E-state index contributed by atoms with van der Waals surface area (Å²) in [6.45, 7) is 14.0. The highest BCUT2D eigenvalue weighted by Crippen LogP contribution is 2.39. The molecule has 0 aliphatic heterocycles. The van der Waals surface area contributed by atoms with Gasteiger partial charge in [-0.1, -0.05) is 53.7 Å². The van der Waals surface area contributed by atoms with Gasteiger partial charge in [0, 0.05) is 6.54 Å². The average Bonchev–Trinajstić information content (AvgIpc) is 2.24. The Kier molecular flexibility index (Phi) is 4.91. The van der Waals surface area contributed by atoms with Gasteiger partial charge < -0.3 is 10.0 Å². The van der Waals surface area contributed by atoms with Crippen LogP contribution in [0.25, 0.3) is 0 Å². The van der Waals surface area contributed by atoms with Crippen molar-refractivity contribution in [3.8, 4) is 5.75 Å². The minimum Gasteiger partial charge on any atom is -0.507 e. The number of phenols is 1. The maximum atomic E-state index is 10.7. The molecule has 114 valence electrons. The third kappa shape index (κ3) is 4.24. The van der Waals surface area contributed by atoms with E-state index in [4.69, 9.17) is 0 Å². The number of benzene rings is 1. The summed E-state index contributed by atoms with van der Waals surface area (Å²) < 4.78 is 0. The topological polar surface area (TPSA) is 23.5 Å². The minimum atomic E-state index is -0.0434. The van der Waals surface area contributed by atoms with Crippen LogP contribution in [-0.4, -0.2) is 30.6 Å². The summed E-state index contributed by atoms with van der Waals surface area (Å²) in [5, 5.41) is 10.7. The summed E-state index contributed by atoms with van der Waals surface area (Å²) in [5.74, 6) is 0.471. The zero-order chi connectivity index (χ0) is 15.7. The molecule has 2 nitrogen and oxygen atoms in total. The van der Waals surface area contributed by atoms with E-state index in [-0.39, 0.29) is 10.8 Å². The van der Waals surface area contributed by atoms with E-state index in [2.05, 4.69) is 72.7 Å². The van der Waals surface area contributed by atoms with Gasteiger partial charge in [0.2, 0.25) is 0 Å². The van der Waals surface area contributed by atoms with Crippen LogP contribution in [0.5, 0.6) is 5.75 Å². The third-order valence-electron chi connectivity index (χ3n) is 3.63. The van der Waals surface area contributed by atoms with Crippen molar-refractivity contribution >= 4 is 0 Å². The van der Waals surface area contributed by atoms with Crippen molar-refractivity contribution < 1.29 is 5.11 Å². The first kappa shape index (κ1) is 17.0. The number of phenolic OH excluding ortho intramolecular Hbond substituents is 1. The molecule has 0 saturated carbocycles. The summed E-state index contributed by atoms with van der Waals surface area (Å²) in [5.41, 5.74) is 3.33. The fourth-order valence-corrected chi connectivity index (χ4v) is 2.33. The van der Waals surface area contributed by atoms with E-state index in [0.29, 0.717) is 5.75 Å². The molecule has 0 saturated heterocycles. The van der Waals surface area contributed by atoms with Crippen LogP contribution in [0.15, 0.2) is 12.1 Å². The summed E-state index contributed by atoms with van der Waals surface area (Å²) in [6, 6.07) is 4.35. The van der Waals surface area contributed by atoms with Gasteiger partial charge in [-0.05, 0) is 48.0 Å². The zero-order valence-electron chi connectivity index (χ0n) is 14.5. The van der Waals surface area contributed by atoms with Gasteiger partial charge in [0.15, 0.2) is 0 Å². The molecule has 0 unspecified atom stereocenters. The molecule has 1 aromatic rings. The molecule has 0 bridgehead atoms. The summed E-state index contributed by atoms with van der Waals surface area (Å²) in [4.78, 5) is 2.19. The molecule has 0 aliphatic rings. The first-order valence-corrected chi connectivity index (χ1v) is 7.44. The van der Waals surface area contributed by atoms with Gasteiger partial charge in [-0.15, -0.1) is 0 Å². The summed E-state index contributed by atoms with van der Waals surface area (Å²) in [6.07, 6.45) is 1.01. The molecule has 0 fully saturated rings. The number of rotatable bonds is 3. The van der Waals surface area contributed by atoms with Crippen LogP contribution in [0, 0.1) is 0 Å². The van der Waals surface area contributed by atoms with Crippen molar-refractivity contribution in [1.29, 1.82) is 0 Å². The molecule has 0 amide bonds. The monoisotopic (exact) mass is 277 g/mol. The zero-order valence-corrected chi connectivity index (χ0v) is 14.5. The van der Waals surface area contributed by atoms with Crippen LogP contribution in [0.4, 0.5) is 0 Å². The van der Waals surface area contributed by atoms with Gasteiger partial charge in [-0.3, -0.25) is 0 Å². The summed E-state index contributed by atoms with van der Waals surface area (Å²) in [7, 11) is 4.19. The van der Waals surface area contributed by atoms with E-state index < -0.39 is 0 Å². The minimum absolute atomic E-state index is 0.0434. The predicted molar refractivity (Wildman–Crippen MR) is 87.8 cm³/mol. The Morgan fingerprint density at radius 3 is 1.60 bits per heavy atom. The molecular weight excluding hydrogens is 246 g/mol. The van der Waals surface area contributed by atoms with E-state index in [1.54, 1.807) is 0 Å². The SMILES string of the molecule is CN(C)CCc1cc(C(C)(C)C)c(O)c(C(C)(C)C)c1. The van der Waals surface area contributed by atoms with Gasteiger partial charge in [-0.25, -0.2) is 0 Å². The van der Waals surface area contributed by atoms with Crippen molar-refractivity contribution in [2.75, 3.05) is 20.6 Å². The lowest BCUT2D eigenvalue weighted by molar-refractivity contribution is 0.409. The van der Waals surface area contributed by atoms with Gasteiger partial charge >= 0.3 is 0 Å². The predicted octanol–water partition coefficient (Wildman–Crippen LogP) is 4.09. The van der Waals surface area contributed by atoms with E-state index in [0.717, 1.165) is 24.1 Å². The van der Waals surface area contributed by atoms with Gasteiger partial charge in [0.1, 0.15) is 5.75 Å². The van der Waals surface area contributed by atoms with Gasteiger partial charge in [-0.2, -0.15) is 0 Å². The quantitative estimate of drug-likeness (QED) is 0.899. The Labute approximate surface area is 124 Å². The largest absolute Gasteiger partial charge is 0.507 e. The van der Waals surface area contributed by atoms with Crippen LogP contribution in [0.3, 0.4) is 0 Å².